The molecule has 15 nitrogen and oxygen atoms in total. The van der Waals surface area contributed by atoms with Crippen molar-refractivity contribution < 1.29 is 57.9 Å². The van der Waals surface area contributed by atoms with Gasteiger partial charge in [-0.25, -0.2) is 4.79 Å². The Morgan fingerprint density at radius 1 is 0.600 bits per heavy atom. The zero-order valence-electron chi connectivity index (χ0n) is 29.8. The lowest BCUT2D eigenvalue weighted by atomic mass is 9.90. The number of carbonyl (C=O) groups is 5. The van der Waals surface area contributed by atoms with E-state index < -0.39 is 54.1 Å². The number of Topliss-reactive ketones (excluding diaryl/α,β-unsaturated/α-hetero) is 2. The molecule has 0 rings (SSSR count). The molecule has 289 valence electrons. The molecule has 0 fully saturated rings. The number of hydrogen-bond donors (Lipinski definition) is 5. The average Bonchev–Trinajstić information content (AvgIpc) is 3.09. The molecule has 7 N–H and O–H groups in total. The van der Waals surface area contributed by atoms with Crippen molar-refractivity contribution in [3.05, 3.63) is 0 Å². The Bertz CT molecular complexity index is 952. The van der Waals surface area contributed by atoms with Crippen molar-refractivity contribution >= 4 is 35.7 Å². The Morgan fingerprint density at radius 3 is 1.52 bits per heavy atom. The third kappa shape index (κ3) is 24.3. The summed E-state index contributed by atoms with van der Waals surface area (Å²) in [5, 5.41) is 20.7. The molecule has 15 heteroatoms. The van der Waals surface area contributed by atoms with Gasteiger partial charge in [-0.1, -0.05) is 77.0 Å². The first-order valence-electron chi connectivity index (χ1n) is 18.1. The van der Waals surface area contributed by atoms with E-state index in [9.17, 15) is 33.9 Å². The smallest absolute Gasteiger partial charge is 0.326 e. The van der Waals surface area contributed by atoms with E-state index in [2.05, 4.69) is 5.32 Å². The van der Waals surface area contributed by atoms with Crippen molar-refractivity contribution in [1.82, 2.24) is 5.32 Å². The van der Waals surface area contributed by atoms with Crippen molar-refractivity contribution in [2.24, 2.45) is 11.5 Å². The van der Waals surface area contributed by atoms with Gasteiger partial charge in [0, 0.05) is 32.4 Å². The monoisotopic (exact) mass is 716 g/mol. The van der Waals surface area contributed by atoms with Crippen LogP contribution in [-0.2, 0) is 47.7 Å². The normalized spacial score (nSPS) is 13.0. The highest BCUT2D eigenvalue weighted by molar-refractivity contribution is 6.23. The van der Waals surface area contributed by atoms with Crippen LogP contribution in [0.4, 0.5) is 0 Å². The van der Waals surface area contributed by atoms with Crippen molar-refractivity contribution in [2.45, 2.75) is 127 Å². The Balaban J connectivity index is 4.53. The van der Waals surface area contributed by atoms with Gasteiger partial charge in [0.15, 0.2) is 5.78 Å². The molecule has 0 aromatic rings. The molecule has 50 heavy (non-hydrogen) atoms. The van der Waals surface area contributed by atoms with Crippen LogP contribution in [-0.4, -0.2) is 117 Å². The Kier molecular flexibility index (Phi) is 30.3. The summed E-state index contributed by atoms with van der Waals surface area (Å²) in [7, 11) is 0. The summed E-state index contributed by atoms with van der Waals surface area (Å²) in [5.74, 6) is -4.56. The van der Waals surface area contributed by atoms with Gasteiger partial charge in [0.1, 0.15) is 12.6 Å². The number of carbonyl (C=O) groups excluding carboxylic acids is 4. The second-order valence-corrected chi connectivity index (χ2v) is 12.2. The number of ketones is 2. The molecule has 0 aliphatic heterocycles. The second kappa shape index (κ2) is 32.1. The summed E-state index contributed by atoms with van der Waals surface area (Å²) in [4.78, 5) is 73.1. The highest BCUT2D eigenvalue weighted by Crippen LogP contribution is 2.18. The molecule has 2 atom stereocenters. The van der Waals surface area contributed by atoms with Gasteiger partial charge in [-0.3, -0.25) is 24.0 Å². The molecule has 1 amide bonds. The number of hydrogen-bond acceptors (Lipinski definition) is 12. The number of amides is 1. The number of rotatable bonds is 38. The molecule has 0 spiro atoms. The molecule has 1 unspecified atom stereocenters. The molecular formula is C35H62N3O12. The van der Waals surface area contributed by atoms with E-state index in [1.54, 1.807) is 0 Å². The zero-order valence-corrected chi connectivity index (χ0v) is 29.8. The first-order chi connectivity index (χ1) is 24.1. The largest absolute Gasteiger partial charge is 0.481 e. The SMILES string of the molecule is NCCOCCOCC(=O)C([C]=O)(OCCOCCN)C(=O)CC[C@H](NC(=O)CCCCCCCCCCCCCCCCC(=O)O)C(=O)O. The van der Waals surface area contributed by atoms with Crippen LogP contribution >= 0.6 is 0 Å². The van der Waals surface area contributed by atoms with Gasteiger partial charge in [-0.2, -0.15) is 0 Å². The van der Waals surface area contributed by atoms with Crippen molar-refractivity contribution in [2.75, 3.05) is 59.3 Å². The molecule has 0 saturated heterocycles. The minimum atomic E-state index is -2.65. The highest BCUT2D eigenvalue weighted by atomic mass is 16.6. The van der Waals surface area contributed by atoms with Crippen LogP contribution in [0.2, 0.25) is 0 Å². The number of aliphatic carboxylic acids is 2. The number of carboxylic acids is 2. The minimum Gasteiger partial charge on any atom is -0.481 e. The van der Waals surface area contributed by atoms with Crippen LogP contribution < -0.4 is 16.8 Å². The minimum absolute atomic E-state index is 0.0105. The fraction of sp³-hybridized carbons (Fsp3) is 0.829. The second-order valence-electron chi connectivity index (χ2n) is 12.2. The predicted molar refractivity (Wildman–Crippen MR) is 185 cm³/mol. The van der Waals surface area contributed by atoms with Crippen LogP contribution in [0.15, 0.2) is 0 Å². The molecular weight excluding hydrogens is 654 g/mol. The van der Waals surface area contributed by atoms with E-state index >= 15 is 0 Å². The predicted octanol–water partition coefficient (Wildman–Crippen LogP) is 2.63. The standard InChI is InChI=1S/C35H62N3O12/c36-19-21-47-23-24-49-27-31(41)35(28-39,50-26-25-48-22-20-37)30(40)18-17-29(34(45)46)38-32(42)15-13-11-9-7-5-3-1-2-4-6-8-10-12-14-16-33(43)44/h29H,1-27,36-37H2,(H,38,42)(H,43,44)(H,45,46)/t29-,35?/m0/s1. The lowest BCUT2D eigenvalue weighted by molar-refractivity contribution is -0.154. The van der Waals surface area contributed by atoms with Gasteiger partial charge < -0.3 is 45.9 Å². The average molecular weight is 717 g/mol. The molecule has 1 radical (unpaired) electrons. The lowest BCUT2D eigenvalue weighted by Crippen LogP contribution is -2.53. The van der Waals surface area contributed by atoms with Crippen molar-refractivity contribution in [1.29, 1.82) is 0 Å². The van der Waals surface area contributed by atoms with Gasteiger partial charge in [-0.15, -0.1) is 0 Å². The maximum atomic E-state index is 13.2. The quantitative estimate of drug-likeness (QED) is 0.0456. The third-order valence-corrected chi connectivity index (χ3v) is 7.94. The van der Waals surface area contributed by atoms with E-state index in [0.717, 1.165) is 57.8 Å². The molecule has 0 heterocycles. The van der Waals surface area contributed by atoms with Crippen LogP contribution in [0.1, 0.15) is 116 Å². The molecule has 0 aromatic heterocycles. The molecule has 0 aliphatic carbocycles. The number of unbranched alkanes of at least 4 members (excludes halogenated alkanes) is 13. The van der Waals surface area contributed by atoms with E-state index in [4.69, 9.17) is 35.5 Å². The van der Waals surface area contributed by atoms with Crippen molar-refractivity contribution in [3.8, 4) is 0 Å². The third-order valence-electron chi connectivity index (χ3n) is 7.94. The number of ether oxygens (including phenoxy) is 4. The maximum Gasteiger partial charge on any atom is 0.326 e. The van der Waals surface area contributed by atoms with Gasteiger partial charge in [0.2, 0.25) is 18.0 Å². The van der Waals surface area contributed by atoms with Gasteiger partial charge in [-0.05, 0) is 19.3 Å². The number of carboxylic acid groups (broad SMARTS) is 2. The van der Waals surface area contributed by atoms with Crippen molar-refractivity contribution in [3.63, 3.8) is 0 Å². The number of nitrogens with two attached hydrogens (primary N) is 2. The first-order valence-corrected chi connectivity index (χ1v) is 18.1. The summed E-state index contributed by atoms with van der Waals surface area (Å²) in [5.41, 5.74) is 8.07. The van der Waals surface area contributed by atoms with Gasteiger partial charge >= 0.3 is 11.9 Å². The fourth-order valence-electron chi connectivity index (χ4n) is 5.13. The number of nitrogens with one attached hydrogen (secondary N) is 1. The topological polar surface area (TPSA) is 244 Å². The molecule has 0 saturated carbocycles. The summed E-state index contributed by atoms with van der Waals surface area (Å²) in [6.45, 7) is 0.102. The highest BCUT2D eigenvalue weighted by Gasteiger charge is 2.47. The Morgan fingerprint density at radius 2 is 1.06 bits per heavy atom. The van der Waals surface area contributed by atoms with Crippen LogP contribution in [0.3, 0.4) is 0 Å². The lowest BCUT2D eigenvalue weighted by Gasteiger charge is -2.25. The van der Waals surface area contributed by atoms with Crippen LogP contribution in [0.5, 0.6) is 0 Å². The Hall–Kier alpha value is -2.82. The summed E-state index contributed by atoms with van der Waals surface area (Å²) in [6, 6.07) is -1.41. The van der Waals surface area contributed by atoms with Gasteiger partial charge in [0.25, 0.3) is 5.60 Å². The van der Waals surface area contributed by atoms with Gasteiger partial charge in [0.05, 0.1) is 39.6 Å². The first kappa shape index (κ1) is 47.2. The summed E-state index contributed by atoms with van der Waals surface area (Å²) < 4.78 is 21.0. The molecule has 0 aromatic carbocycles. The van der Waals surface area contributed by atoms with E-state index in [1.807, 2.05) is 0 Å². The maximum absolute atomic E-state index is 13.2. The molecule has 0 aliphatic rings. The van der Waals surface area contributed by atoms with E-state index in [0.29, 0.717) is 19.6 Å². The fourth-order valence-corrected chi connectivity index (χ4v) is 5.13. The summed E-state index contributed by atoms with van der Waals surface area (Å²) >= 11 is 0. The molecule has 0 bridgehead atoms. The van der Waals surface area contributed by atoms with Crippen LogP contribution in [0.25, 0.3) is 0 Å². The summed E-state index contributed by atoms with van der Waals surface area (Å²) in [6.07, 6.45) is 15.4. The Labute approximate surface area is 296 Å². The van der Waals surface area contributed by atoms with E-state index in [1.165, 1.54) is 32.0 Å². The zero-order chi connectivity index (χ0) is 37.3. The van der Waals surface area contributed by atoms with E-state index in [-0.39, 0.29) is 58.8 Å². The van der Waals surface area contributed by atoms with Crippen LogP contribution in [0, 0.1) is 0 Å².